The Labute approximate surface area is 118 Å². The van der Waals surface area contributed by atoms with Crippen LogP contribution in [0.3, 0.4) is 0 Å². The number of nitrogens with zero attached hydrogens (tertiary/aromatic N) is 2. The number of benzene rings is 1. The molecule has 0 radical (unpaired) electrons. The normalized spacial score (nSPS) is 10.3. The summed E-state index contributed by atoms with van der Waals surface area (Å²) in [5, 5.41) is 5.92. The van der Waals surface area contributed by atoms with E-state index in [0.29, 0.717) is 17.4 Å². The monoisotopic (exact) mass is 270 g/mol. The second-order valence-electron chi connectivity index (χ2n) is 4.88. The Morgan fingerprint density at radius 3 is 2.50 bits per heavy atom. The molecule has 0 saturated carbocycles. The molecule has 0 aliphatic carbocycles. The van der Waals surface area contributed by atoms with Crippen LogP contribution in [0, 0.1) is 5.92 Å². The third kappa shape index (κ3) is 4.05. The van der Waals surface area contributed by atoms with Gasteiger partial charge in [-0.15, -0.1) is 0 Å². The van der Waals surface area contributed by atoms with Gasteiger partial charge >= 0.3 is 0 Å². The van der Waals surface area contributed by atoms with Crippen LogP contribution in [0.4, 0.5) is 11.5 Å². The Morgan fingerprint density at radius 2 is 1.90 bits per heavy atom. The molecule has 5 heteroatoms. The highest BCUT2D eigenvalue weighted by Gasteiger charge is 2.08. The summed E-state index contributed by atoms with van der Waals surface area (Å²) in [6.45, 7) is 5.05. The van der Waals surface area contributed by atoms with Crippen molar-refractivity contribution in [1.29, 1.82) is 0 Å². The number of aromatic nitrogens is 2. The van der Waals surface area contributed by atoms with Crippen molar-refractivity contribution < 1.29 is 4.79 Å². The van der Waals surface area contributed by atoms with Crippen molar-refractivity contribution in [2.24, 2.45) is 5.92 Å². The average Bonchev–Trinajstić information content (AvgIpc) is 2.46. The van der Waals surface area contributed by atoms with E-state index in [4.69, 9.17) is 0 Å². The van der Waals surface area contributed by atoms with E-state index in [0.717, 1.165) is 12.2 Å². The zero-order valence-corrected chi connectivity index (χ0v) is 11.6. The second kappa shape index (κ2) is 6.65. The van der Waals surface area contributed by atoms with Gasteiger partial charge in [-0.3, -0.25) is 4.79 Å². The van der Waals surface area contributed by atoms with Crippen LogP contribution >= 0.6 is 0 Å². The van der Waals surface area contributed by atoms with Crippen LogP contribution in [0.1, 0.15) is 24.3 Å². The predicted molar refractivity (Wildman–Crippen MR) is 79.8 cm³/mol. The van der Waals surface area contributed by atoms with Gasteiger partial charge in [0.05, 0.1) is 12.4 Å². The van der Waals surface area contributed by atoms with Crippen LogP contribution in [-0.2, 0) is 0 Å². The van der Waals surface area contributed by atoms with E-state index in [1.165, 1.54) is 6.20 Å². The molecule has 0 saturated heterocycles. The first-order valence-electron chi connectivity index (χ1n) is 6.57. The standard InChI is InChI=1S/C15H18N4O/c1-11(2)8-17-14-10-16-13(9-18-14)15(20)19-12-6-4-3-5-7-12/h3-7,9-11H,8H2,1-2H3,(H,17,18)(H,19,20). The Balaban J connectivity index is 1.97. The van der Waals surface area contributed by atoms with Crippen molar-refractivity contribution in [3.05, 3.63) is 48.4 Å². The van der Waals surface area contributed by atoms with E-state index in [1.54, 1.807) is 6.20 Å². The molecule has 0 fully saturated rings. The molecule has 1 heterocycles. The number of anilines is 2. The van der Waals surface area contributed by atoms with Gasteiger partial charge in [0.1, 0.15) is 11.5 Å². The molecule has 2 rings (SSSR count). The second-order valence-corrected chi connectivity index (χ2v) is 4.88. The van der Waals surface area contributed by atoms with Crippen LogP contribution in [0.5, 0.6) is 0 Å². The lowest BCUT2D eigenvalue weighted by Crippen LogP contribution is -2.15. The largest absolute Gasteiger partial charge is 0.369 e. The molecule has 104 valence electrons. The fraction of sp³-hybridized carbons (Fsp3) is 0.267. The van der Waals surface area contributed by atoms with E-state index < -0.39 is 0 Å². The Bertz CT molecular complexity index is 552. The van der Waals surface area contributed by atoms with Gasteiger partial charge in [0.25, 0.3) is 5.91 Å². The van der Waals surface area contributed by atoms with Crippen LogP contribution in [0.2, 0.25) is 0 Å². The highest BCUT2D eigenvalue weighted by Crippen LogP contribution is 2.08. The molecule has 5 nitrogen and oxygen atoms in total. The summed E-state index contributed by atoms with van der Waals surface area (Å²) in [7, 11) is 0. The topological polar surface area (TPSA) is 66.9 Å². The number of carbonyl (C=O) groups excluding carboxylic acids is 1. The molecule has 0 aliphatic heterocycles. The van der Waals surface area contributed by atoms with Crippen LogP contribution < -0.4 is 10.6 Å². The lowest BCUT2D eigenvalue weighted by Gasteiger charge is -2.08. The number of para-hydroxylation sites is 1. The average molecular weight is 270 g/mol. The molecule has 0 bridgehead atoms. The molecule has 0 spiro atoms. The van der Waals surface area contributed by atoms with Gasteiger partial charge in [-0.2, -0.15) is 0 Å². The highest BCUT2D eigenvalue weighted by atomic mass is 16.1. The van der Waals surface area contributed by atoms with Crippen molar-refractivity contribution in [2.75, 3.05) is 17.2 Å². The van der Waals surface area contributed by atoms with Crippen LogP contribution in [0.15, 0.2) is 42.7 Å². The summed E-state index contributed by atoms with van der Waals surface area (Å²) in [5.41, 5.74) is 1.03. The minimum atomic E-state index is -0.265. The first-order valence-corrected chi connectivity index (χ1v) is 6.57. The Kier molecular flexibility index (Phi) is 4.65. The first-order chi connectivity index (χ1) is 9.65. The molecular formula is C15H18N4O. The quantitative estimate of drug-likeness (QED) is 0.876. The molecule has 2 N–H and O–H groups in total. The number of amides is 1. The van der Waals surface area contributed by atoms with E-state index in [9.17, 15) is 4.79 Å². The maximum Gasteiger partial charge on any atom is 0.275 e. The van der Waals surface area contributed by atoms with Gasteiger partial charge in [0.2, 0.25) is 0 Å². The lowest BCUT2D eigenvalue weighted by atomic mass is 10.2. The summed E-state index contributed by atoms with van der Waals surface area (Å²) >= 11 is 0. The van der Waals surface area contributed by atoms with E-state index in [-0.39, 0.29) is 5.91 Å². The Morgan fingerprint density at radius 1 is 1.15 bits per heavy atom. The van der Waals surface area contributed by atoms with E-state index in [1.807, 2.05) is 30.3 Å². The Hall–Kier alpha value is -2.43. The maximum absolute atomic E-state index is 12.0. The zero-order valence-electron chi connectivity index (χ0n) is 11.6. The predicted octanol–water partition coefficient (Wildman–Crippen LogP) is 2.80. The van der Waals surface area contributed by atoms with Gasteiger partial charge < -0.3 is 10.6 Å². The van der Waals surface area contributed by atoms with Gasteiger partial charge in [0, 0.05) is 12.2 Å². The van der Waals surface area contributed by atoms with Crippen molar-refractivity contribution in [1.82, 2.24) is 9.97 Å². The van der Waals surface area contributed by atoms with Crippen molar-refractivity contribution >= 4 is 17.4 Å². The van der Waals surface area contributed by atoms with Gasteiger partial charge in [-0.25, -0.2) is 9.97 Å². The summed E-state index contributed by atoms with van der Waals surface area (Å²) in [6.07, 6.45) is 3.04. The summed E-state index contributed by atoms with van der Waals surface area (Å²) < 4.78 is 0. The number of hydrogen-bond acceptors (Lipinski definition) is 4. The number of nitrogens with one attached hydrogen (secondary N) is 2. The smallest absolute Gasteiger partial charge is 0.275 e. The molecule has 0 unspecified atom stereocenters. The number of carbonyl (C=O) groups is 1. The van der Waals surface area contributed by atoms with E-state index >= 15 is 0 Å². The minimum absolute atomic E-state index is 0.265. The third-order valence-electron chi connectivity index (χ3n) is 2.61. The third-order valence-corrected chi connectivity index (χ3v) is 2.61. The SMILES string of the molecule is CC(C)CNc1cnc(C(=O)Nc2ccccc2)cn1. The summed E-state index contributed by atoms with van der Waals surface area (Å²) in [4.78, 5) is 20.3. The van der Waals surface area contributed by atoms with E-state index in [2.05, 4.69) is 34.4 Å². The molecule has 2 aromatic rings. The van der Waals surface area contributed by atoms with Crippen molar-refractivity contribution in [3.8, 4) is 0 Å². The van der Waals surface area contributed by atoms with Crippen molar-refractivity contribution in [2.45, 2.75) is 13.8 Å². The summed E-state index contributed by atoms with van der Waals surface area (Å²) in [5.74, 6) is 0.937. The molecular weight excluding hydrogens is 252 g/mol. The van der Waals surface area contributed by atoms with Crippen LogP contribution in [0.25, 0.3) is 0 Å². The molecule has 1 amide bonds. The summed E-state index contributed by atoms with van der Waals surface area (Å²) in [6, 6.07) is 9.26. The van der Waals surface area contributed by atoms with Crippen LogP contribution in [-0.4, -0.2) is 22.4 Å². The van der Waals surface area contributed by atoms with Gasteiger partial charge in [-0.1, -0.05) is 32.0 Å². The molecule has 0 atom stereocenters. The van der Waals surface area contributed by atoms with Crippen molar-refractivity contribution in [3.63, 3.8) is 0 Å². The maximum atomic E-state index is 12.0. The first kappa shape index (κ1) is 14.0. The fourth-order valence-corrected chi connectivity index (χ4v) is 1.56. The zero-order chi connectivity index (χ0) is 14.4. The number of rotatable bonds is 5. The van der Waals surface area contributed by atoms with Gasteiger partial charge in [0.15, 0.2) is 0 Å². The molecule has 1 aromatic heterocycles. The lowest BCUT2D eigenvalue weighted by molar-refractivity contribution is 0.102. The molecule has 0 aliphatic rings. The molecule has 1 aromatic carbocycles. The fourth-order valence-electron chi connectivity index (χ4n) is 1.56. The van der Waals surface area contributed by atoms with Gasteiger partial charge in [-0.05, 0) is 18.1 Å². The number of hydrogen-bond donors (Lipinski definition) is 2. The molecule has 20 heavy (non-hydrogen) atoms. The highest BCUT2D eigenvalue weighted by molar-refractivity contribution is 6.02. The minimum Gasteiger partial charge on any atom is -0.369 e.